The molecule has 0 unspecified atom stereocenters. The molecule has 5 heteroatoms. The second-order valence-corrected chi connectivity index (χ2v) is 9.47. The fourth-order valence-electron chi connectivity index (χ4n) is 6.76. The van der Waals surface area contributed by atoms with Crippen molar-refractivity contribution in [2.45, 2.75) is 24.7 Å². The molecule has 0 spiro atoms. The van der Waals surface area contributed by atoms with Crippen LogP contribution < -0.4 is 4.90 Å². The SMILES string of the molecule is COC(=O)c1ccccc1N1C(=O)[C@H]2[C@H](C1=O)C1(C)c3ccccc3C2(C)c2ccccc21. The van der Waals surface area contributed by atoms with E-state index >= 15 is 0 Å². The van der Waals surface area contributed by atoms with Gasteiger partial charge in [-0.05, 0) is 34.4 Å². The Morgan fingerprint density at radius 3 is 1.55 bits per heavy atom. The van der Waals surface area contributed by atoms with Crippen LogP contribution in [-0.2, 0) is 25.2 Å². The van der Waals surface area contributed by atoms with Crippen LogP contribution in [-0.4, -0.2) is 24.9 Å². The Kier molecular flexibility index (Phi) is 3.87. The Bertz CT molecular complexity index is 1250. The van der Waals surface area contributed by atoms with Crippen LogP contribution >= 0.6 is 0 Å². The molecular weight excluding hydrogens is 414 g/mol. The highest BCUT2D eigenvalue weighted by Gasteiger charge is 2.70. The summed E-state index contributed by atoms with van der Waals surface area (Å²) in [7, 11) is 1.29. The second-order valence-electron chi connectivity index (χ2n) is 9.47. The fourth-order valence-corrected chi connectivity index (χ4v) is 6.76. The zero-order chi connectivity index (χ0) is 23.1. The zero-order valence-electron chi connectivity index (χ0n) is 18.7. The Labute approximate surface area is 192 Å². The molecule has 4 aliphatic rings. The highest BCUT2D eigenvalue weighted by molar-refractivity contribution is 6.25. The maximum Gasteiger partial charge on any atom is 0.339 e. The summed E-state index contributed by atoms with van der Waals surface area (Å²) in [5.74, 6) is -2.23. The van der Waals surface area contributed by atoms with Crippen LogP contribution in [0.4, 0.5) is 5.69 Å². The number of carbonyl (C=O) groups excluding carboxylic acids is 3. The van der Waals surface area contributed by atoms with Crippen molar-refractivity contribution < 1.29 is 19.1 Å². The maximum atomic E-state index is 14.1. The van der Waals surface area contributed by atoms with Crippen LogP contribution in [0, 0.1) is 11.8 Å². The average molecular weight is 437 g/mol. The minimum Gasteiger partial charge on any atom is -0.465 e. The summed E-state index contributed by atoms with van der Waals surface area (Å²) >= 11 is 0. The van der Waals surface area contributed by atoms with E-state index in [-0.39, 0.29) is 23.1 Å². The van der Waals surface area contributed by atoms with E-state index in [1.165, 1.54) is 12.0 Å². The maximum absolute atomic E-state index is 14.1. The van der Waals surface area contributed by atoms with Crippen LogP contribution in [0.3, 0.4) is 0 Å². The fraction of sp³-hybridized carbons (Fsp3) is 0.250. The first-order valence-corrected chi connectivity index (χ1v) is 11.1. The highest BCUT2D eigenvalue weighted by Crippen LogP contribution is 2.66. The zero-order valence-corrected chi connectivity index (χ0v) is 18.7. The number of hydrogen-bond acceptors (Lipinski definition) is 4. The molecule has 33 heavy (non-hydrogen) atoms. The molecule has 1 saturated heterocycles. The molecule has 0 aromatic heterocycles. The number of nitrogens with zero attached hydrogens (tertiary/aromatic N) is 1. The number of ether oxygens (including phenoxy) is 1. The van der Waals surface area contributed by atoms with Crippen LogP contribution in [0.2, 0.25) is 0 Å². The lowest BCUT2D eigenvalue weighted by Gasteiger charge is -2.57. The third-order valence-electron chi connectivity index (χ3n) is 8.19. The first-order chi connectivity index (χ1) is 15.9. The van der Waals surface area contributed by atoms with Gasteiger partial charge in [-0.1, -0.05) is 74.5 Å². The summed E-state index contributed by atoms with van der Waals surface area (Å²) < 4.78 is 4.93. The lowest BCUT2D eigenvalue weighted by Crippen LogP contribution is -2.59. The first kappa shape index (κ1) is 19.9. The molecule has 5 nitrogen and oxygen atoms in total. The largest absolute Gasteiger partial charge is 0.465 e. The van der Waals surface area contributed by atoms with E-state index in [4.69, 9.17) is 4.74 Å². The molecule has 1 fully saturated rings. The second kappa shape index (κ2) is 6.41. The van der Waals surface area contributed by atoms with Crippen LogP contribution in [0.1, 0.15) is 46.5 Å². The van der Waals surface area contributed by atoms with E-state index < -0.39 is 28.6 Å². The highest BCUT2D eigenvalue weighted by atomic mass is 16.5. The number of para-hydroxylation sites is 1. The number of rotatable bonds is 2. The summed E-state index contributed by atoms with van der Waals surface area (Å²) in [5, 5.41) is 0. The molecule has 0 N–H and O–H groups in total. The Hall–Kier alpha value is -3.73. The molecule has 1 aliphatic heterocycles. The normalized spacial score (nSPS) is 28.9. The van der Waals surface area contributed by atoms with Crippen LogP contribution in [0.5, 0.6) is 0 Å². The van der Waals surface area contributed by atoms with Gasteiger partial charge in [-0.3, -0.25) is 9.59 Å². The van der Waals surface area contributed by atoms with E-state index in [2.05, 4.69) is 38.1 Å². The van der Waals surface area contributed by atoms with E-state index in [0.717, 1.165) is 22.3 Å². The predicted octanol–water partition coefficient (Wildman–Crippen LogP) is 4.22. The Morgan fingerprint density at radius 1 is 0.727 bits per heavy atom. The number of hydrogen-bond donors (Lipinski definition) is 0. The molecule has 2 atom stereocenters. The summed E-state index contributed by atoms with van der Waals surface area (Å²) in [6, 6.07) is 23.0. The van der Waals surface area contributed by atoms with Gasteiger partial charge in [0.15, 0.2) is 0 Å². The summed E-state index contributed by atoms with van der Waals surface area (Å²) in [4.78, 5) is 42.0. The molecule has 1 heterocycles. The van der Waals surface area contributed by atoms with Crippen molar-refractivity contribution in [3.8, 4) is 0 Å². The average Bonchev–Trinajstić information content (AvgIpc) is 3.13. The molecule has 164 valence electrons. The molecule has 3 aromatic carbocycles. The number of methoxy groups -OCH3 is 1. The third kappa shape index (κ3) is 2.15. The van der Waals surface area contributed by atoms with Crippen molar-refractivity contribution in [2.24, 2.45) is 11.8 Å². The van der Waals surface area contributed by atoms with Gasteiger partial charge >= 0.3 is 5.97 Å². The predicted molar refractivity (Wildman–Crippen MR) is 123 cm³/mol. The van der Waals surface area contributed by atoms with Crippen LogP contribution in [0.15, 0.2) is 72.8 Å². The van der Waals surface area contributed by atoms with E-state index in [9.17, 15) is 14.4 Å². The third-order valence-corrected chi connectivity index (χ3v) is 8.19. The molecular formula is C28H23NO4. The van der Waals surface area contributed by atoms with Gasteiger partial charge in [-0.15, -0.1) is 0 Å². The molecule has 3 aromatic rings. The molecule has 2 amide bonds. The van der Waals surface area contributed by atoms with E-state index in [0.29, 0.717) is 0 Å². The standard InChI is InChI=1S/C28H23NO4/c1-27-17-11-5-7-13-19(17)28(2,20-14-8-6-12-18(20)27)23-22(27)24(30)29(25(23)31)21-15-9-4-10-16(21)26(32)33-3/h4-15,22-23H,1-3H3/t22-,23-,27?,28?/m1/s1. The van der Waals surface area contributed by atoms with Gasteiger partial charge in [0.05, 0.1) is 30.2 Å². The van der Waals surface area contributed by atoms with Gasteiger partial charge in [-0.2, -0.15) is 0 Å². The quantitative estimate of drug-likeness (QED) is 0.445. The van der Waals surface area contributed by atoms with Crippen LogP contribution in [0.25, 0.3) is 0 Å². The van der Waals surface area contributed by atoms with Gasteiger partial charge in [0, 0.05) is 10.8 Å². The van der Waals surface area contributed by atoms with Gasteiger partial charge in [-0.25, -0.2) is 9.69 Å². The first-order valence-electron chi connectivity index (χ1n) is 11.1. The Morgan fingerprint density at radius 2 is 1.12 bits per heavy atom. The van der Waals surface area contributed by atoms with Crippen molar-refractivity contribution in [3.63, 3.8) is 0 Å². The van der Waals surface area contributed by atoms with Gasteiger partial charge in [0.1, 0.15) is 0 Å². The molecule has 7 rings (SSSR count). The van der Waals surface area contributed by atoms with E-state index in [1.54, 1.807) is 24.3 Å². The molecule has 0 radical (unpaired) electrons. The van der Waals surface area contributed by atoms with E-state index in [1.807, 2.05) is 24.3 Å². The summed E-state index contributed by atoms with van der Waals surface area (Å²) in [6.07, 6.45) is 0. The monoisotopic (exact) mass is 437 g/mol. The van der Waals surface area contributed by atoms with Crippen molar-refractivity contribution in [1.82, 2.24) is 0 Å². The number of carbonyl (C=O) groups is 3. The van der Waals surface area contributed by atoms with Crippen molar-refractivity contribution in [2.75, 3.05) is 12.0 Å². The number of amides is 2. The number of imide groups is 1. The molecule has 0 saturated carbocycles. The summed E-state index contributed by atoms with van der Waals surface area (Å²) in [6.45, 7) is 4.17. The summed E-state index contributed by atoms with van der Waals surface area (Å²) in [5.41, 5.74) is 3.56. The van der Waals surface area contributed by atoms with Crippen molar-refractivity contribution in [3.05, 3.63) is 101 Å². The van der Waals surface area contributed by atoms with Gasteiger partial charge in [0.2, 0.25) is 11.8 Å². The molecule has 3 aliphatic carbocycles. The topological polar surface area (TPSA) is 63.7 Å². The lowest BCUT2D eigenvalue weighted by molar-refractivity contribution is -0.124. The number of benzene rings is 3. The Balaban J connectivity index is 1.64. The smallest absolute Gasteiger partial charge is 0.339 e. The minimum absolute atomic E-state index is 0.207. The van der Waals surface area contributed by atoms with Crippen molar-refractivity contribution >= 4 is 23.5 Å². The number of anilines is 1. The number of esters is 1. The van der Waals surface area contributed by atoms with Gasteiger partial charge < -0.3 is 4.74 Å². The molecule has 2 bridgehead atoms. The minimum atomic E-state index is -0.655. The van der Waals surface area contributed by atoms with Gasteiger partial charge in [0.25, 0.3) is 0 Å². The lowest BCUT2D eigenvalue weighted by atomic mass is 9.42. The van der Waals surface area contributed by atoms with Crippen molar-refractivity contribution in [1.29, 1.82) is 0 Å².